The Morgan fingerprint density at radius 3 is 2.38 bits per heavy atom. The Balaban J connectivity index is 2.96. The van der Waals surface area contributed by atoms with E-state index < -0.39 is 21.7 Å². The van der Waals surface area contributed by atoms with Gasteiger partial charge in [0.15, 0.2) is 5.75 Å². The van der Waals surface area contributed by atoms with Crippen LogP contribution in [0.1, 0.15) is 24.2 Å². The van der Waals surface area contributed by atoms with Crippen molar-refractivity contribution in [3.05, 3.63) is 29.8 Å². The molecular weight excluding hydrogens is 296 g/mol. The van der Waals surface area contributed by atoms with E-state index in [1.54, 1.807) is 11.0 Å². The number of rotatable bonds is 7. The van der Waals surface area contributed by atoms with Crippen molar-refractivity contribution in [3.63, 3.8) is 0 Å². The maximum atomic E-state index is 12.2. The summed E-state index contributed by atoms with van der Waals surface area (Å²) in [5.74, 6) is -2.68. The van der Waals surface area contributed by atoms with E-state index in [1.165, 1.54) is 18.2 Å². The molecule has 1 aromatic rings. The monoisotopic (exact) mass is 314 g/mol. The minimum absolute atomic E-state index is 0.161. The first kappa shape index (κ1) is 17.0. The maximum absolute atomic E-state index is 12.2. The zero-order chi connectivity index (χ0) is 16.0. The number of nitrogens with one attached hydrogen (secondary N) is 1. The van der Waals surface area contributed by atoms with Crippen molar-refractivity contribution in [1.82, 2.24) is 4.90 Å². The number of anilines is 1. The van der Waals surface area contributed by atoms with E-state index in [-0.39, 0.29) is 11.6 Å². The number of carboxylic acids is 1. The van der Waals surface area contributed by atoms with Gasteiger partial charge in [0.05, 0.1) is 0 Å². The van der Waals surface area contributed by atoms with Crippen molar-refractivity contribution in [2.24, 2.45) is 0 Å². The van der Waals surface area contributed by atoms with Crippen LogP contribution < -0.4 is 4.72 Å². The molecule has 1 aromatic carbocycles. The van der Waals surface area contributed by atoms with Crippen molar-refractivity contribution in [2.75, 3.05) is 23.6 Å². The van der Waals surface area contributed by atoms with Gasteiger partial charge in [-0.1, -0.05) is 6.07 Å². The molecule has 0 aromatic heterocycles. The van der Waals surface area contributed by atoms with Gasteiger partial charge in [0, 0.05) is 24.3 Å². The Labute approximate surface area is 123 Å². The predicted molar refractivity (Wildman–Crippen MR) is 78.7 cm³/mol. The summed E-state index contributed by atoms with van der Waals surface area (Å²) in [5.41, 5.74) is 0.503. The van der Waals surface area contributed by atoms with E-state index in [0.717, 1.165) is 0 Å². The highest BCUT2D eigenvalue weighted by Crippen LogP contribution is 2.14. The highest BCUT2D eigenvalue weighted by molar-refractivity contribution is 7.93. The molecule has 0 aliphatic heterocycles. The summed E-state index contributed by atoms with van der Waals surface area (Å²) in [5, 5.41) is 8.53. The number of sulfonamides is 1. The summed E-state index contributed by atoms with van der Waals surface area (Å²) in [6.07, 6.45) is 0. The molecule has 0 bridgehead atoms. The van der Waals surface area contributed by atoms with Crippen LogP contribution in [-0.2, 0) is 14.8 Å². The lowest BCUT2D eigenvalue weighted by Crippen LogP contribution is -2.30. The molecule has 0 aliphatic rings. The van der Waals surface area contributed by atoms with Crippen LogP contribution in [0.15, 0.2) is 24.3 Å². The Bertz CT molecular complexity index is 623. The smallest absolute Gasteiger partial charge is 0.320 e. The number of carbonyl (C=O) groups excluding carboxylic acids is 1. The van der Waals surface area contributed by atoms with Gasteiger partial charge in [-0.15, -0.1) is 0 Å². The molecular formula is C13H18N2O5S. The van der Waals surface area contributed by atoms with Crippen LogP contribution in [0, 0.1) is 0 Å². The minimum Gasteiger partial charge on any atom is -0.480 e. The van der Waals surface area contributed by atoms with Gasteiger partial charge in [-0.2, -0.15) is 0 Å². The van der Waals surface area contributed by atoms with Crippen LogP contribution in [0.5, 0.6) is 0 Å². The Morgan fingerprint density at radius 2 is 1.86 bits per heavy atom. The summed E-state index contributed by atoms with van der Waals surface area (Å²) < 4.78 is 25.2. The number of benzene rings is 1. The minimum atomic E-state index is -3.98. The second-order valence-electron chi connectivity index (χ2n) is 4.31. The zero-order valence-electron chi connectivity index (χ0n) is 11.9. The fourth-order valence-electron chi connectivity index (χ4n) is 1.79. The highest BCUT2D eigenvalue weighted by atomic mass is 32.2. The third kappa shape index (κ3) is 5.07. The van der Waals surface area contributed by atoms with Gasteiger partial charge in [0.2, 0.25) is 10.0 Å². The summed E-state index contributed by atoms with van der Waals surface area (Å²) >= 11 is 0. The zero-order valence-corrected chi connectivity index (χ0v) is 12.7. The van der Waals surface area contributed by atoms with Crippen molar-refractivity contribution in [2.45, 2.75) is 13.8 Å². The molecule has 0 radical (unpaired) electrons. The number of amides is 1. The van der Waals surface area contributed by atoms with Crippen LogP contribution in [0.4, 0.5) is 5.69 Å². The van der Waals surface area contributed by atoms with Gasteiger partial charge in [-0.05, 0) is 32.0 Å². The van der Waals surface area contributed by atoms with Gasteiger partial charge >= 0.3 is 5.97 Å². The van der Waals surface area contributed by atoms with E-state index in [2.05, 4.69) is 4.72 Å². The first-order valence-electron chi connectivity index (χ1n) is 6.40. The second kappa shape index (κ2) is 7.07. The average molecular weight is 314 g/mol. The van der Waals surface area contributed by atoms with Gasteiger partial charge in [0.25, 0.3) is 5.91 Å². The third-order valence-electron chi connectivity index (χ3n) is 2.75. The van der Waals surface area contributed by atoms with Gasteiger partial charge in [-0.3, -0.25) is 14.3 Å². The number of nitrogens with zero attached hydrogens (tertiary/aromatic N) is 1. The van der Waals surface area contributed by atoms with E-state index in [9.17, 15) is 18.0 Å². The molecule has 116 valence electrons. The van der Waals surface area contributed by atoms with Crippen LogP contribution in [0.25, 0.3) is 0 Å². The normalized spacial score (nSPS) is 11.0. The lowest BCUT2D eigenvalue weighted by molar-refractivity contribution is -0.134. The maximum Gasteiger partial charge on any atom is 0.320 e. The van der Waals surface area contributed by atoms with Crippen LogP contribution in [0.3, 0.4) is 0 Å². The fourth-order valence-corrected chi connectivity index (χ4v) is 2.67. The van der Waals surface area contributed by atoms with E-state index in [1.807, 2.05) is 13.8 Å². The molecule has 21 heavy (non-hydrogen) atoms. The molecule has 0 fully saturated rings. The second-order valence-corrected chi connectivity index (χ2v) is 6.04. The molecule has 0 aliphatic carbocycles. The molecule has 1 rings (SSSR count). The Morgan fingerprint density at radius 1 is 1.24 bits per heavy atom. The predicted octanol–water partition coefficient (Wildman–Crippen LogP) is 0.995. The van der Waals surface area contributed by atoms with Crippen LogP contribution >= 0.6 is 0 Å². The Hall–Kier alpha value is -2.09. The van der Waals surface area contributed by atoms with Crippen molar-refractivity contribution in [1.29, 1.82) is 0 Å². The number of carbonyl (C=O) groups is 2. The van der Waals surface area contributed by atoms with E-state index in [0.29, 0.717) is 18.7 Å². The third-order valence-corrected chi connectivity index (χ3v) is 3.92. The van der Waals surface area contributed by atoms with Crippen LogP contribution in [0.2, 0.25) is 0 Å². The van der Waals surface area contributed by atoms with E-state index in [4.69, 9.17) is 5.11 Å². The molecule has 1 amide bonds. The SMILES string of the molecule is CCN(CC)C(=O)c1cccc(NS(=O)(=O)CC(=O)O)c1. The summed E-state index contributed by atoms with van der Waals surface area (Å²) in [6, 6.07) is 5.96. The molecule has 0 unspecified atom stereocenters. The lowest BCUT2D eigenvalue weighted by Gasteiger charge is -2.19. The van der Waals surface area contributed by atoms with Crippen LogP contribution in [-0.4, -0.2) is 49.1 Å². The molecule has 0 atom stereocenters. The summed E-state index contributed by atoms with van der Waals surface area (Å²) in [7, 11) is -3.98. The first-order valence-corrected chi connectivity index (χ1v) is 8.06. The number of hydrogen-bond acceptors (Lipinski definition) is 4. The van der Waals surface area contributed by atoms with Gasteiger partial charge in [-0.25, -0.2) is 8.42 Å². The molecule has 0 heterocycles. The Kier molecular flexibility index (Phi) is 5.71. The molecule has 0 saturated carbocycles. The average Bonchev–Trinajstić information content (AvgIpc) is 2.38. The first-order chi connectivity index (χ1) is 9.79. The van der Waals surface area contributed by atoms with Crippen molar-refractivity contribution >= 4 is 27.6 Å². The standard InChI is InChI=1S/C13H18N2O5S/c1-3-15(4-2)13(18)10-6-5-7-11(8-10)14-21(19,20)9-12(16)17/h5-8,14H,3-4,9H2,1-2H3,(H,16,17). The van der Waals surface area contributed by atoms with Gasteiger partial charge in [0.1, 0.15) is 0 Å². The number of carboxylic acid groups (broad SMARTS) is 1. The number of hydrogen-bond donors (Lipinski definition) is 2. The molecule has 8 heteroatoms. The fraction of sp³-hybridized carbons (Fsp3) is 0.385. The van der Waals surface area contributed by atoms with Crippen molar-refractivity contribution in [3.8, 4) is 0 Å². The van der Waals surface area contributed by atoms with Crippen molar-refractivity contribution < 1.29 is 23.1 Å². The number of aliphatic carboxylic acids is 1. The van der Waals surface area contributed by atoms with Gasteiger partial charge < -0.3 is 10.0 Å². The molecule has 7 nitrogen and oxygen atoms in total. The lowest BCUT2D eigenvalue weighted by atomic mass is 10.2. The quantitative estimate of drug-likeness (QED) is 0.781. The molecule has 2 N–H and O–H groups in total. The summed E-state index contributed by atoms with van der Waals surface area (Å²) in [6.45, 7) is 4.79. The summed E-state index contributed by atoms with van der Waals surface area (Å²) in [4.78, 5) is 24.2. The van der Waals surface area contributed by atoms with E-state index >= 15 is 0 Å². The molecule has 0 saturated heterocycles. The largest absolute Gasteiger partial charge is 0.480 e. The topological polar surface area (TPSA) is 104 Å². The highest BCUT2D eigenvalue weighted by Gasteiger charge is 2.17. The molecule has 0 spiro atoms.